The molecule has 1 aromatic rings. The number of urea groups is 1. The molecule has 0 saturated carbocycles. The smallest absolute Gasteiger partial charge is 0.396 e. The number of thiazole rings is 1. The molecule has 1 saturated heterocycles. The summed E-state index contributed by atoms with van der Waals surface area (Å²) in [7, 11) is 0. The van der Waals surface area contributed by atoms with Gasteiger partial charge in [0.05, 0.1) is 6.54 Å². The molecule has 1 aliphatic rings. The normalized spacial score (nSPS) is 19.4. The Kier molecular flexibility index (Phi) is 4.48. The summed E-state index contributed by atoms with van der Waals surface area (Å²) < 4.78 is 37.1. The average molecular weight is 309 g/mol. The van der Waals surface area contributed by atoms with Gasteiger partial charge in [0.1, 0.15) is 5.01 Å². The zero-order chi connectivity index (χ0) is 14.8. The lowest BCUT2D eigenvalue weighted by Crippen LogP contribution is -2.38. The molecule has 0 aliphatic carbocycles. The summed E-state index contributed by atoms with van der Waals surface area (Å²) in [5, 5.41) is 12.7. The highest BCUT2D eigenvalue weighted by molar-refractivity contribution is 7.09. The third-order valence-corrected chi connectivity index (χ3v) is 3.91. The molecule has 5 nitrogen and oxygen atoms in total. The van der Waals surface area contributed by atoms with Crippen molar-refractivity contribution in [3.8, 4) is 0 Å². The van der Waals surface area contributed by atoms with E-state index in [2.05, 4.69) is 10.3 Å². The molecular weight excluding hydrogens is 295 g/mol. The lowest BCUT2D eigenvalue weighted by Gasteiger charge is -2.16. The highest BCUT2D eigenvalue weighted by Crippen LogP contribution is 2.29. The summed E-state index contributed by atoms with van der Waals surface area (Å²) in [4.78, 5) is 16.7. The van der Waals surface area contributed by atoms with E-state index in [1.54, 1.807) is 4.90 Å². The number of carbonyl (C=O) groups is 1. The molecule has 112 valence electrons. The summed E-state index contributed by atoms with van der Waals surface area (Å²) in [6.45, 7) is 1.02. The van der Waals surface area contributed by atoms with Crippen molar-refractivity contribution >= 4 is 17.4 Å². The van der Waals surface area contributed by atoms with Crippen molar-refractivity contribution in [2.24, 2.45) is 5.92 Å². The van der Waals surface area contributed by atoms with Crippen molar-refractivity contribution in [3.63, 3.8) is 0 Å². The molecule has 1 unspecified atom stereocenters. The topological polar surface area (TPSA) is 65.5 Å². The van der Waals surface area contributed by atoms with Crippen molar-refractivity contribution in [2.45, 2.75) is 19.1 Å². The molecule has 2 rings (SSSR count). The molecule has 2 heterocycles. The maximum Gasteiger partial charge on any atom is 0.434 e. The summed E-state index contributed by atoms with van der Waals surface area (Å²) >= 11 is 0.862. The number of carbonyl (C=O) groups excluding carboxylic acids is 1. The number of aliphatic hydroxyl groups excluding tert-OH is 1. The van der Waals surface area contributed by atoms with Gasteiger partial charge in [-0.15, -0.1) is 11.3 Å². The second-order valence-corrected chi connectivity index (χ2v) is 5.51. The molecule has 0 bridgehead atoms. The Morgan fingerprint density at radius 1 is 1.60 bits per heavy atom. The van der Waals surface area contributed by atoms with Gasteiger partial charge in [0.2, 0.25) is 0 Å². The first-order valence-electron chi connectivity index (χ1n) is 6.05. The highest BCUT2D eigenvalue weighted by atomic mass is 32.1. The molecule has 1 fully saturated rings. The Morgan fingerprint density at radius 2 is 2.35 bits per heavy atom. The Balaban J connectivity index is 1.83. The number of nitrogens with one attached hydrogen (secondary N) is 1. The maximum absolute atomic E-state index is 12.4. The molecule has 1 atom stereocenters. The molecule has 1 aliphatic heterocycles. The first kappa shape index (κ1) is 15.0. The third-order valence-electron chi connectivity index (χ3n) is 3.06. The van der Waals surface area contributed by atoms with Crippen LogP contribution in [-0.4, -0.2) is 40.7 Å². The van der Waals surface area contributed by atoms with Crippen LogP contribution in [0.15, 0.2) is 5.38 Å². The summed E-state index contributed by atoms with van der Waals surface area (Å²) in [5.74, 6) is 0.0810. The van der Waals surface area contributed by atoms with Crippen LogP contribution in [0.5, 0.6) is 0 Å². The number of rotatable bonds is 3. The zero-order valence-electron chi connectivity index (χ0n) is 10.5. The van der Waals surface area contributed by atoms with Gasteiger partial charge in [-0.2, -0.15) is 13.2 Å². The van der Waals surface area contributed by atoms with Crippen LogP contribution in [0.3, 0.4) is 0 Å². The monoisotopic (exact) mass is 309 g/mol. The number of hydrogen-bond donors (Lipinski definition) is 2. The number of nitrogens with zero attached hydrogens (tertiary/aromatic N) is 2. The molecule has 1 aromatic heterocycles. The number of alkyl halides is 3. The Hall–Kier alpha value is -1.35. The Labute approximate surface area is 117 Å². The lowest BCUT2D eigenvalue weighted by atomic mass is 10.1. The van der Waals surface area contributed by atoms with E-state index in [0.717, 1.165) is 23.1 Å². The fourth-order valence-electron chi connectivity index (χ4n) is 1.95. The van der Waals surface area contributed by atoms with E-state index in [0.29, 0.717) is 13.1 Å². The minimum atomic E-state index is -4.46. The summed E-state index contributed by atoms with van der Waals surface area (Å²) in [6, 6.07) is -0.343. The van der Waals surface area contributed by atoms with Gasteiger partial charge >= 0.3 is 12.2 Å². The summed E-state index contributed by atoms with van der Waals surface area (Å²) in [6.07, 6.45) is -3.72. The molecule has 20 heavy (non-hydrogen) atoms. The largest absolute Gasteiger partial charge is 0.434 e. The van der Waals surface area contributed by atoms with Crippen molar-refractivity contribution in [1.82, 2.24) is 15.2 Å². The van der Waals surface area contributed by atoms with E-state index in [9.17, 15) is 18.0 Å². The predicted molar refractivity (Wildman–Crippen MR) is 66.1 cm³/mol. The van der Waals surface area contributed by atoms with Gasteiger partial charge in [0.25, 0.3) is 0 Å². The van der Waals surface area contributed by atoms with Gasteiger partial charge in [0, 0.05) is 31.0 Å². The van der Waals surface area contributed by atoms with Gasteiger partial charge in [0.15, 0.2) is 5.69 Å². The quantitative estimate of drug-likeness (QED) is 0.893. The van der Waals surface area contributed by atoms with Crippen LogP contribution in [0.1, 0.15) is 17.1 Å². The fourth-order valence-corrected chi connectivity index (χ4v) is 2.69. The minimum Gasteiger partial charge on any atom is -0.396 e. The van der Waals surface area contributed by atoms with Gasteiger partial charge < -0.3 is 15.3 Å². The molecule has 2 N–H and O–H groups in total. The number of aromatic nitrogens is 1. The second-order valence-electron chi connectivity index (χ2n) is 4.57. The fraction of sp³-hybridized carbons (Fsp3) is 0.636. The van der Waals surface area contributed by atoms with Crippen LogP contribution in [0, 0.1) is 5.92 Å². The standard InChI is InChI=1S/C11H14F3N3O2S/c12-11(13,14)8-6-20-9(16-8)3-15-10(19)17-2-1-7(4-17)5-18/h6-7,18H,1-5H2,(H,15,19). The van der Waals surface area contributed by atoms with Gasteiger partial charge in [-0.1, -0.05) is 0 Å². The van der Waals surface area contributed by atoms with Crippen molar-refractivity contribution in [2.75, 3.05) is 19.7 Å². The number of halogens is 3. The second kappa shape index (κ2) is 5.96. The van der Waals surface area contributed by atoms with E-state index in [1.165, 1.54) is 0 Å². The highest BCUT2D eigenvalue weighted by Gasteiger charge is 2.33. The summed E-state index contributed by atoms with van der Waals surface area (Å²) in [5.41, 5.74) is -0.937. The van der Waals surface area contributed by atoms with Crippen molar-refractivity contribution in [3.05, 3.63) is 16.1 Å². The van der Waals surface area contributed by atoms with Crippen LogP contribution in [0.4, 0.5) is 18.0 Å². The number of likely N-dealkylation sites (tertiary alicyclic amines) is 1. The maximum atomic E-state index is 12.4. The molecule has 2 amide bonds. The Morgan fingerprint density at radius 3 is 2.90 bits per heavy atom. The first-order chi connectivity index (χ1) is 9.40. The van der Waals surface area contributed by atoms with Gasteiger partial charge in [-0.25, -0.2) is 9.78 Å². The van der Waals surface area contributed by atoms with Crippen molar-refractivity contribution < 1.29 is 23.1 Å². The van der Waals surface area contributed by atoms with E-state index < -0.39 is 11.9 Å². The first-order valence-corrected chi connectivity index (χ1v) is 6.93. The average Bonchev–Trinajstić information content (AvgIpc) is 3.04. The number of hydrogen-bond acceptors (Lipinski definition) is 4. The molecule has 0 aromatic carbocycles. The third kappa shape index (κ3) is 3.60. The van der Waals surface area contributed by atoms with Crippen molar-refractivity contribution in [1.29, 1.82) is 0 Å². The molecular formula is C11H14F3N3O2S. The van der Waals surface area contributed by atoms with Crippen LogP contribution in [-0.2, 0) is 12.7 Å². The van der Waals surface area contributed by atoms with Crippen LogP contribution in [0.2, 0.25) is 0 Å². The predicted octanol–water partition coefficient (Wildman–Crippen LogP) is 1.69. The van der Waals surface area contributed by atoms with Crippen LogP contribution in [0.25, 0.3) is 0 Å². The Bertz CT molecular complexity index is 478. The SMILES string of the molecule is O=C(NCc1nc(C(F)(F)F)cs1)N1CCC(CO)C1. The lowest BCUT2D eigenvalue weighted by molar-refractivity contribution is -0.140. The van der Waals surface area contributed by atoms with Gasteiger partial charge in [-0.3, -0.25) is 0 Å². The van der Waals surface area contributed by atoms with E-state index in [4.69, 9.17) is 5.11 Å². The van der Waals surface area contributed by atoms with Gasteiger partial charge in [-0.05, 0) is 6.42 Å². The van der Waals surface area contributed by atoms with E-state index in [-0.39, 0.29) is 30.1 Å². The molecule has 9 heteroatoms. The number of aliphatic hydroxyl groups is 1. The van der Waals surface area contributed by atoms with Crippen LogP contribution >= 0.6 is 11.3 Å². The van der Waals surface area contributed by atoms with Crippen LogP contribution < -0.4 is 5.32 Å². The molecule has 0 spiro atoms. The zero-order valence-corrected chi connectivity index (χ0v) is 11.3. The molecule has 0 radical (unpaired) electrons. The number of amides is 2. The van der Waals surface area contributed by atoms with E-state index in [1.807, 2.05) is 0 Å². The minimum absolute atomic E-state index is 0.0279. The van der Waals surface area contributed by atoms with E-state index >= 15 is 0 Å².